The predicted molar refractivity (Wildman–Crippen MR) is 82.6 cm³/mol. The van der Waals surface area contributed by atoms with Gasteiger partial charge in [-0.2, -0.15) is 0 Å². The lowest BCUT2D eigenvalue weighted by atomic mass is 9.92. The van der Waals surface area contributed by atoms with Crippen molar-refractivity contribution in [2.24, 2.45) is 5.92 Å². The Kier molecular flexibility index (Phi) is 6.11. The van der Waals surface area contributed by atoms with E-state index in [0.717, 1.165) is 18.0 Å². The summed E-state index contributed by atoms with van der Waals surface area (Å²) in [6, 6.07) is 1.50. The number of hydrogen-bond acceptors (Lipinski definition) is 3. The number of hydrogen-bond donors (Lipinski definition) is 1. The third kappa shape index (κ3) is 4.73. The Morgan fingerprint density at radius 3 is 2.37 bits per heavy atom. The third-order valence-corrected chi connectivity index (χ3v) is 5.06. The van der Waals surface area contributed by atoms with Crippen LogP contribution in [0.15, 0.2) is 0 Å². The average Bonchev–Trinajstić information content (AvgIpc) is 2.65. The minimum absolute atomic E-state index is 0.726. The average molecular weight is 267 g/mol. The van der Waals surface area contributed by atoms with E-state index in [1.807, 2.05) is 0 Å². The van der Waals surface area contributed by atoms with E-state index in [1.165, 1.54) is 65.0 Å². The molecule has 19 heavy (non-hydrogen) atoms. The lowest BCUT2D eigenvalue weighted by Crippen LogP contribution is -2.47. The van der Waals surface area contributed by atoms with Crippen LogP contribution in [0.2, 0.25) is 0 Å². The van der Waals surface area contributed by atoms with Crippen molar-refractivity contribution >= 4 is 0 Å². The summed E-state index contributed by atoms with van der Waals surface area (Å²) in [5.41, 5.74) is 0. The Morgan fingerprint density at radius 1 is 0.947 bits per heavy atom. The lowest BCUT2D eigenvalue weighted by molar-refractivity contribution is 0.155. The van der Waals surface area contributed by atoms with Crippen molar-refractivity contribution in [1.82, 2.24) is 15.1 Å². The van der Waals surface area contributed by atoms with Gasteiger partial charge in [0.25, 0.3) is 0 Å². The van der Waals surface area contributed by atoms with Gasteiger partial charge in [-0.05, 0) is 65.5 Å². The molecule has 2 saturated heterocycles. The van der Waals surface area contributed by atoms with E-state index in [0.29, 0.717) is 0 Å². The van der Waals surface area contributed by atoms with E-state index >= 15 is 0 Å². The molecule has 2 aliphatic heterocycles. The van der Waals surface area contributed by atoms with Crippen molar-refractivity contribution in [3.05, 3.63) is 0 Å². The molecule has 2 heterocycles. The second-order valence-electron chi connectivity index (χ2n) is 6.80. The van der Waals surface area contributed by atoms with Gasteiger partial charge in [0.05, 0.1) is 0 Å². The van der Waals surface area contributed by atoms with Crippen molar-refractivity contribution in [1.29, 1.82) is 0 Å². The van der Waals surface area contributed by atoms with Gasteiger partial charge in [0, 0.05) is 38.3 Å². The van der Waals surface area contributed by atoms with Crippen molar-refractivity contribution in [3.63, 3.8) is 0 Å². The van der Waals surface area contributed by atoms with Gasteiger partial charge in [-0.3, -0.25) is 4.90 Å². The Labute approximate surface area is 119 Å². The minimum Gasteiger partial charge on any atom is -0.314 e. The highest BCUT2D eigenvalue weighted by Gasteiger charge is 2.23. The van der Waals surface area contributed by atoms with Gasteiger partial charge in [-0.25, -0.2) is 0 Å². The number of rotatable bonds is 4. The third-order valence-electron chi connectivity index (χ3n) is 5.06. The molecule has 0 aromatic carbocycles. The molecular formula is C16H33N3. The van der Waals surface area contributed by atoms with Crippen LogP contribution in [0, 0.1) is 5.92 Å². The molecule has 3 nitrogen and oxygen atoms in total. The number of nitrogens with one attached hydrogen (secondary N) is 1. The molecule has 0 aromatic rings. The number of likely N-dealkylation sites (tertiary alicyclic amines) is 1. The molecule has 0 radical (unpaired) electrons. The topological polar surface area (TPSA) is 18.5 Å². The van der Waals surface area contributed by atoms with Gasteiger partial charge in [-0.15, -0.1) is 0 Å². The first-order valence-corrected chi connectivity index (χ1v) is 8.35. The molecule has 112 valence electrons. The summed E-state index contributed by atoms with van der Waals surface area (Å²) in [5, 5.41) is 3.45. The summed E-state index contributed by atoms with van der Waals surface area (Å²) in [6.45, 7) is 14.6. The monoisotopic (exact) mass is 267 g/mol. The molecular weight excluding hydrogens is 234 g/mol. The lowest BCUT2D eigenvalue weighted by Gasteiger charge is -2.34. The second-order valence-corrected chi connectivity index (χ2v) is 6.80. The van der Waals surface area contributed by atoms with E-state index in [1.54, 1.807) is 0 Å². The summed E-state index contributed by atoms with van der Waals surface area (Å²) >= 11 is 0. The Morgan fingerprint density at radius 2 is 1.68 bits per heavy atom. The normalized spacial score (nSPS) is 29.4. The Balaban J connectivity index is 1.75. The molecule has 1 N–H and O–H groups in total. The molecule has 0 bridgehead atoms. The first kappa shape index (κ1) is 15.3. The van der Waals surface area contributed by atoms with Crippen LogP contribution in [0.1, 0.15) is 46.5 Å². The highest BCUT2D eigenvalue weighted by molar-refractivity contribution is 4.79. The van der Waals surface area contributed by atoms with Crippen LogP contribution in [0.5, 0.6) is 0 Å². The van der Waals surface area contributed by atoms with Gasteiger partial charge < -0.3 is 10.2 Å². The zero-order valence-corrected chi connectivity index (χ0v) is 13.2. The largest absolute Gasteiger partial charge is 0.314 e. The SMILES string of the molecule is CC(C)N1CCCC(CC(C)N2CCNCC2)CC1. The van der Waals surface area contributed by atoms with Crippen molar-refractivity contribution in [2.45, 2.75) is 58.5 Å². The molecule has 0 amide bonds. The quantitative estimate of drug-likeness (QED) is 0.842. The summed E-state index contributed by atoms with van der Waals surface area (Å²) in [7, 11) is 0. The number of nitrogens with zero attached hydrogens (tertiary/aromatic N) is 2. The summed E-state index contributed by atoms with van der Waals surface area (Å²) in [6.07, 6.45) is 5.66. The smallest absolute Gasteiger partial charge is 0.0110 e. The molecule has 0 aliphatic carbocycles. The first-order chi connectivity index (χ1) is 9.16. The highest BCUT2D eigenvalue weighted by Crippen LogP contribution is 2.24. The minimum atomic E-state index is 0.726. The molecule has 0 spiro atoms. The zero-order chi connectivity index (χ0) is 13.7. The first-order valence-electron chi connectivity index (χ1n) is 8.35. The van der Waals surface area contributed by atoms with E-state index in [9.17, 15) is 0 Å². The van der Waals surface area contributed by atoms with Crippen LogP contribution in [-0.2, 0) is 0 Å². The molecule has 2 fully saturated rings. The van der Waals surface area contributed by atoms with Crippen LogP contribution in [0.25, 0.3) is 0 Å². The van der Waals surface area contributed by atoms with Gasteiger partial charge in [0.1, 0.15) is 0 Å². The summed E-state index contributed by atoms with van der Waals surface area (Å²) in [4.78, 5) is 5.34. The van der Waals surface area contributed by atoms with Crippen LogP contribution >= 0.6 is 0 Å². The van der Waals surface area contributed by atoms with Crippen molar-refractivity contribution < 1.29 is 0 Å². The fourth-order valence-corrected chi connectivity index (χ4v) is 3.69. The highest BCUT2D eigenvalue weighted by atomic mass is 15.2. The van der Waals surface area contributed by atoms with Crippen molar-refractivity contribution in [3.8, 4) is 0 Å². The summed E-state index contributed by atoms with van der Waals surface area (Å²) in [5.74, 6) is 0.952. The maximum atomic E-state index is 3.45. The maximum absolute atomic E-state index is 3.45. The van der Waals surface area contributed by atoms with E-state index < -0.39 is 0 Å². The molecule has 2 unspecified atom stereocenters. The van der Waals surface area contributed by atoms with Gasteiger partial charge in [0.2, 0.25) is 0 Å². The molecule has 3 heteroatoms. The Hall–Kier alpha value is -0.120. The second kappa shape index (κ2) is 7.61. The molecule has 2 aliphatic rings. The predicted octanol–water partition coefficient (Wildman–Crippen LogP) is 2.18. The van der Waals surface area contributed by atoms with Crippen LogP contribution < -0.4 is 5.32 Å². The fourth-order valence-electron chi connectivity index (χ4n) is 3.69. The van der Waals surface area contributed by atoms with Crippen molar-refractivity contribution in [2.75, 3.05) is 39.3 Å². The van der Waals surface area contributed by atoms with Crippen LogP contribution in [0.4, 0.5) is 0 Å². The Bertz CT molecular complexity index is 248. The maximum Gasteiger partial charge on any atom is 0.0110 e. The van der Waals surface area contributed by atoms with E-state index in [-0.39, 0.29) is 0 Å². The van der Waals surface area contributed by atoms with Crippen LogP contribution in [0.3, 0.4) is 0 Å². The fraction of sp³-hybridized carbons (Fsp3) is 1.00. The molecule has 2 atom stereocenters. The zero-order valence-electron chi connectivity index (χ0n) is 13.2. The van der Waals surface area contributed by atoms with Gasteiger partial charge in [-0.1, -0.05) is 0 Å². The van der Waals surface area contributed by atoms with Gasteiger partial charge >= 0.3 is 0 Å². The standard InChI is InChI=1S/C16H33N3/c1-14(2)18-9-4-5-16(6-10-18)13-15(3)19-11-7-17-8-12-19/h14-17H,4-13H2,1-3H3. The van der Waals surface area contributed by atoms with Gasteiger partial charge in [0.15, 0.2) is 0 Å². The summed E-state index contributed by atoms with van der Waals surface area (Å²) < 4.78 is 0. The molecule has 0 aromatic heterocycles. The number of piperazine rings is 1. The molecule has 2 rings (SSSR count). The van der Waals surface area contributed by atoms with E-state index in [4.69, 9.17) is 0 Å². The van der Waals surface area contributed by atoms with Crippen LogP contribution in [-0.4, -0.2) is 61.2 Å². The van der Waals surface area contributed by atoms with E-state index in [2.05, 4.69) is 35.9 Å². The molecule has 0 saturated carbocycles.